The standard InChI is InChI=1S/C15H22O3/c1-8-4-11(16)5-10-6-13-12(7-15(8,10)3)9(2)14(17)18-13/h8,10-11,13,16H,4-7H2,1-3H3/t8-,10+,11+,13-,15+/m0/s1. The third-order valence-corrected chi connectivity index (χ3v) is 5.74. The molecule has 0 spiro atoms. The third kappa shape index (κ3) is 1.56. The van der Waals surface area contributed by atoms with Gasteiger partial charge in [-0.2, -0.15) is 0 Å². The van der Waals surface area contributed by atoms with Crippen LogP contribution in [0.3, 0.4) is 0 Å². The Kier molecular flexibility index (Phi) is 2.60. The Morgan fingerprint density at radius 1 is 1.33 bits per heavy atom. The van der Waals surface area contributed by atoms with Crippen molar-refractivity contribution in [3.05, 3.63) is 11.1 Å². The topological polar surface area (TPSA) is 46.5 Å². The number of esters is 1. The first kappa shape index (κ1) is 12.2. The van der Waals surface area contributed by atoms with Crippen molar-refractivity contribution in [1.82, 2.24) is 0 Å². The molecule has 3 nitrogen and oxygen atoms in total. The van der Waals surface area contributed by atoms with Crippen LogP contribution >= 0.6 is 0 Å². The maximum atomic E-state index is 11.7. The van der Waals surface area contributed by atoms with Crippen LogP contribution in [0.5, 0.6) is 0 Å². The van der Waals surface area contributed by atoms with Crippen LogP contribution in [0.1, 0.15) is 46.5 Å². The fourth-order valence-corrected chi connectivity index (χ4v) is 4.22. The Balaban J connectivity index is 1.94. The van der Waals surface area contributed by atoms with E-state index in [9.17, 15) is 9.90 Å². The first-order chi connectivity index (χ1) is 8.41. The predicted octanol–water partition coefficient (Wildman–Crippen LogP) is 2.44. The largest absolute Gasteiger partial charge is 0.454 e. The van der Waals surface area contributed by atoms with Crippen LogP contribution in [-0.4, -0.2) is 23.3 Å². The van der Waals surface area contributed by atoms with E-state index in [2.05, 4.69) is 13.8 Å². The fraction of sp³-hybridized carbons (Fsp3) is 0.800. The fourth-order valence-electron chi connectivity index (χ4n) is 4.22. The lowest BCUT2D eigenvalue weighted by molar-refractivity contribution is -0.143. The van der Waals surface area contributed by atoms with Crippen molar-refractivity contribution in [1.29, 1.82) is 0 Å². The molecule has 18 heavy (non-hydrogen) atoms. The van der Waals surface area contributed by atoms with Gasteiger partial charge >= 0.3 is 5.97 Å². The van der Waals surface area contributed by atoms with Gasteiger partial charge in [0.2, 0.25) is 0 Å². The normalized spacial score (nSPS) is 47.7. The molecule has 1 aliphatic heterocycles. The lowest BCUT2D eigenvalue weighted by Crippen LogP contribution is -2.47. The molecule has 0 unspecified atom stereocenters. The van der Waals surface area contributed by atoms with Crippen molar-refractivity contribution >= 4 is 5.97 Å². The van der Waals surface area contributed by atoms with E-state index in [1.54, 1.807) is 0 Å². The minimum Gasteiger partial charge on any atom is -0.454 e. The van der Waals surface area contributed by atoms with Gasteiger partial charge in [0.15, 0.2) is 0 Å². The summed E-state index contributed by atoms with van der Waals surface area (Å²) in [6.45, 7) is 6.46. The summed E-state index contributed by atoms with van der Waals surface area (Å²) in [6, 6.07) is 0. The summed E-state index contributed by atoms with van der Waals surface area (Å²) in [5.74, 6) is 0.845. The maximum absolute atomic E-state index is 11.7. The Morgan fingerprint density at radius 3 is 2.78 bits per heavy atom. The summed E-state index contributed by atoms with van der Waals surface area (Å²) in [5, 5.41) is 9.96. The zero-order valence-electron chi connectivity index (χ0n) is 11.4. The van der Waals surface area contributed by atoms with Gasteiger partial charge < -0.3 is 9.84 Å². The van der Waals surface area contributed by atoms with E-state index < -0.39 is 0 Å². The zero-order chi connectivity index (χ0) is 13.1. The highest BCUT2D eigenvalue weighted by Gasteiger charge is 2.52. The van der Waals surface area contributed by atoms with E-state index in [0.717, 1.165) is 31.3 Å². The SMILES string of the molecule is CC1=C2C[C@@]3(C)[C@H](C[C@H](O)C[C@@H]3C)C[C@@H]2OC1=O. The summed E-state index contributed by atoms with van der Waals surface area (Å²) < 4.78 is 5.45. The molecule has 0 amide bonds. The molecule has 1 N–H and O–H groups in total. The number of rotatable bonds is 0. The molecule has 0 aromatic rings. The molecule has 0 saturated heterocycles. The lowest BCUT2D eigenvalue weighted by Gasteiger charge is -2.52. The van der Waals surface area contributed by atoms with Gasteiger partial charge in [0.25, 0.3) is 0 Å². The Bertz CT molecular complexity index is 425. The lowest BCUT2D eigenvalue weighted by atomic mass is 9.54. The van der Waals surface area contributed by atoms with Gasteiger partial charge in [-0.15, -0.1) is 0 Å². The number of aliphatic hydroxyl groups is 1. The summed E-state index contributed by atoms with van der Waals surface area (Å²) in [7, 11) is 0. The second-order valence-electron chi connectivity index (χ2n) is 6.69. The van der Waals surface area contributed by atoms with Crippen molar-refractivity contribution in [3.8, 4) is 0 Å². The molecule has 100 valence electrons. The highest BCUT2D eigenvalue weighted by Crippen LogP contribution is 2.56. The predicted molar refractivity (Wildman–Crippen MR) is 67.8 cm³/mol. The second-order valence-corrected chi connectivity index (χ2v) is 6.69. The van der Waals surface area contributed by atoms with Gasteiger partial charge in [-0.1, -0.05) is 13.8 Å². The number of fused-ring (bicyclic) bond motifs is 2. The molecule has 3 rings (SSSR count). The number of hydrogen-bond acceptors (Lipinski definition) is 3. The first-order valence-electron chi connectivity index (χ1n) is 7.00. The van der Waals surface area contributed by atoms with E-state index in [1.165, 1.54) is 5.57 Å². The Labute approximate surface area is 108 Å². The highest BCUT2D eigenvalue weighted by molar-refractivity contribution is 5.91. The number of hydrogen-bond donors (Lipinski definition) is 1. The second kappa shape index (κ2) is 3.83. The van der Waals surface area contributed by atoms with E-state index >= 15 is 0 Å². The maximum Gasteiger partial charge on any atom is 0.334 e. The number of aliphatic hydroxyl groups excluding tert-OH is 1. The molecule has 1 heterocycles. The average molecular weight is 250 g/mol. The minimum atomic E-state index is -0.179. The van der Waals surface area contributed by atoms with E-state index in [1.807, 2.05) is 6.92 Å². The third-order valence-electron chi connectivity index (χ3n) is 5.74. The van der Waals surface area contributed by atoms with Gasteiger partial charge in [0.05, 0.1) is 6.10 Å². The van der Waals surface area contributed by atoms with Crippen LogP contribution in [0.2, 0.25) is 0 Å². The molecular weight excluding hydrogens is 228 g/mol. The monoisotopic (exact) mass is 250 g/mol. The van der Waals surface area contributed by atoms with E-state index in [0.29, 0.717) is 11.8 Å². The van der Waals surface area contributed by atoms with Crippen LogP contribution in [0.15, 0.2) is 11.1 Å². The molecule has 3 heteroatoms. The molecule has 3 aliphatic rings. The molecule has 2 fully saturated rings. The van der Waals surface area contributed by atoms with Gasteiger partial charge in [-0.25, -0.2) is 4.79 Å². The molecule has 2 aliphatic carbocycles. The Hall–Kier alpha value is -0.830. The van der Waals surface area contributed by atoms with Crippen LogP contribution in [-0.2, 0) is 9.53 Å². The first-order valence-corrected chi connectivity index (χ1v) is 7.00. The van der Waals surface area contributed by atoms with Crippen molar-refractivity contribution in [2.45, 2.75) is 58.7 Å². The van der Waals surface area contributed by atoms with Crippen LogP contribution < -0.4 is 0 Å². The summed E-state index contributed by atoms with van der Waals surface area (Å²) in [4.78, 5) is 11.7. The molecule has 5 atom stereocenters. The smallest absolute Gasteiger partial charge is 0.334 e. The Morgan fingerprint density at radius 2 is 2.06 bits per heavy atom. The number of carbonyl (C=O) groups excluding carboxylic acids is 1. The summed E-state index contributed by atoms with van der Waals surface area (Å²) in [6.07, 6.45) is 3.43. The zero-order valence-corrected chi connectivity index (χ0v) is 11.4. The van der Waals surface area contributed by atoms with Crippen molar-refractivity contribution < 1.29 is 14.6 Å². The number of ether oxygens (including phenoxy) is 1. The molecule has 0 radical (unpaired) electrons. The molecule has 0 aromatic heterocycles. The number of carbonyl (C=O) groups is 1. The van der Waals surface area contributed by atoms with Crippen LogP contribution in [0, 0.1) is 17.3 Å². The van der Waals surface area contributed by atoms with E-state index in [-0.39, 0.29) is 23.6 Å². The van der Waals surface area contributed by atoms with Crippen molar-refractivity contribution in [2.75, 3.05) is 0 Å². The van der Waals surface area contributed by atoms with Crippen LogP contribution in [0.25, 0.3) is 0 Å². The molecular formula is C15H22O3. The van der Waals surface area contributed by atoms with Gasteiger partial charge in [-0.05, 0) is 55.4 Å². The van der Waals surface area contributed by atoms with Crippen molar-refractivity contribution in [2.24, 2.45) is 17.3 Å². The highest BCUT2D eigenvalue weighted by atomic mass is 16.5. The van der Waals surface area contributed by atoms with Gasteiger partial charge in [-0.3, -0.25) is 0 Å². The molecule has 0 aromatic carbocycles. The van der Waals surface area contributed by atoms with E-state index in [4.69, 9.17) is 4.74 Å². The van der Waals surface area contributed by atoms with Crippen LogP contribution in [0.4, 0.5) is 0 Å². The molecule has 0 bridgehead atoms. The van der Waals surface area contributed by atoms with Crippen molar-refractivity contribution in [3.63, 3.8) is 0 Å². The average Bonchev–Trinajstić information content (AvgIpc) is 2.54. The summed E-state index contributed by atoms with van der Waals surface area (Å²) in [5.41, 5.74) is 2.28. The summed E-state index contributed by atoms with van der Waals surface area (Å²) >= 11 is 0. The molecule has 2 saturated carbocycles. The van der Waals surface area contributed by atoms with Gasteiger partial charge in [0, 0.05) is 5.57 Å². The minimum absolute atomic E-state index is 0.00641. The quantitative estimate of drug-likeness (QED) is 0.672. The van der Waals surface area contributed by atoms with Gasteiger partial charge in [0.1, 0.15) is 6.10 Å².